The average Bonchev–Trinajstić information content (AvgIpc) is 3.34. The molecule has 3 aliphatic rings. The molecule has 2 unspecified atom stereocenters. The van der Waals surface area contributed by atoms with Crippen LogP contribution in [0.1, 0.15) is 32.1 Å². The molecule has 240 valence electrons. The number of fused-ring (bicyclic) bond motifs is 2. The highest BCUT2D eigenvalue weighted by molar-refractivity contribution is 7.91. The Morgan fingerprint density at radius 2 is 1.21 bits per heavy atom. The Hall–Kier alpha value is -1.16. The fourth-order valence-electron chi connectivity index (χ4n) is 4.87. The van der Waals surface area contributed by atoms with Gasteiger partial charge in [-0.3, -0.25) is 0 Å². The van der Waals surface area contributed by atoms with E-state index in [0.717, 1.165) is 31.0 Å². The number of nitrogens with one attached hydrogen (secondary N) is 4. The molecular formula is C21H26Cl4N6O8S4. The summed E-state index contributed by atoms with van der Waals surface area (Å²) in [5.74, 6) is 0.482. The summed E-state index contributed by atoms with van der Waals surface area (Å²) in [6, 6.07) is 4.30. The minimum absolute atomic E-state index is 0.0810. The lowest BCUT2D eigenvalue weighted by Gasteiger charge is -2.30. The van der Waals surface area contributed by atoms with Crippen molar-refractivity contribution in [3.8, 4) is 0 Å². The zero-order valence-corrected chi connectivity index (χ0v) is 28.0. The van der Waals surface area contributed by atoms with Gasteiger partial charge in [0, 0.05) is 0 Å². The fraction of sp³-hybridized carbons (Fsp3) is 0.429. The van der Waals surface area contributed by atoms with Crippen molar-refractivity contribution in [3.05, 3.63) is 34.3 Å². The van der Waals surface area contributed by atoms with Crippen molar-refractivity contribution in [1.82, 2.24) is 9.44 Å². The summed E-state index contributed by atoms with van der Waals surface area (Å²) in [5.41, 5.74) is 0.376. The summed E-state index contributed by atoms with van der Waals surface area (Å²) >= 11 is 23.0. The second-order valence-electron chi connectivity index (χ2n) is 9.93. The highest BCUT2D eigenvalue weighted by Crippen LogP contribution is 2.37. The first-order valence-electron chi connectivity index (χ1n) is 12.3. The van der Waals surface area contributed by atoms with Crippen molar-refractivity contribution >= 4 is 97.9 Å². The zero-order valence-electron chi connectivity index (χ0n) is 21.7. The quantitative estimate of drug-likeness (QED) is 0.244. The van der Waals surface area contributed by atoms with E-state index in [1.165, 1.54) is 18.9 Å². The van der Waals surface area contributed by atoms with E-state index < -0.39 is 67.1 Å². The third-order valence-electron chi connectivity index (χ3n) is 6.78. The molecule has 2 heterocycles. The summed E-state index contributed by atoms with van der Waals surface area (Å²) in [6.45, 7) is 0. The zero-order chi connectivity index (χ0) is 32.1. The molecule has 0 amide bonds. The van der Waals surface area contributed by atoms with Crippen LogP contribution >= 0.6 is 46.4 Å². The van der Waals surface area contributed by atoms with Gasteiger partial charge in [-0.2, -0.15) is 9.44 Å². The minimum atomic E-state index is -4.15. The molecule has 0 saturated heterocycles. The van der Waals surface area contributed by atoms with E-state index in [-0.39, 0.29) is 25.5 Å². The SMILES string of the molecule is NS(=O)(=O)c1cc2c(cc1Cl)NC(C(Cl)Cl)NS2(=O)=O.NS(=O)(=O)c1cc2c(cc1Cl)NC(CC1CCCC1)NS2(=O)=O. The number of halogens is 4. The lowest BCUT2D eigenvalue weighted by molar-refractivity contribution is 0.438. The second kappa shape index (κ2) is 12.6. The molecule has 8 N–H and O–H groups in total. The number of nitrogens with two attached hydrogens (primary N) is 2. The summed E-state index contributed by atoms with van der Waals surface area (Å²) in [4.78, 5) is -2.42. The molecular weight excluding hydrogens is 734 g/mol. The topological polar surface area (TPSA) is 237 Å². The van der Waals surface area contributed by atoms with E-state index in [4.69, 9.17) is 56.7 Å². The van der Waals surface area contributed by atoms with E-state index >= 15 is 0 Å². The summed E-state index contributed by atoms with van der Waals surface area (Å²) in [7, 11) is -16.1. The van der Waals surface area contributed by atoms with Gasteiger partial charge in [0.15, 0.2) is 0 Å². The third kappa shape index (κ3) is 7.98. The van der Waals surface area contributed by atoms with Crippen molar-refractivity contribution in [3.63, 3.8) is 0 Å². The molecule has 1 saturated carbocycles. The largest absolute Gasteiger partial charge is 0.368 e. The Morgan fingerprint density at radius 1 is 0.767 bits per heavy atom. The smallest absolute Gasteiger partial charge is 0.244 e. The molecule has 2 aromatic carbocycles. The molecule has 43 heavy (non-hydrogen) atoms. The van der Waals surface area contributed by atoms with Gasteiger partial charge in [0.2, 0.25) is 40.1 Å². The van der Waals surface area contributed by atoms with Crippen LogP contribution in [0.15, 0.2) is 43.8 Å². The van der Waals surface area contributed by atoms with Gasteiger partial charge in [0.05, 0.1) is 27.6 Å². The maximum absolute atomic E-state index is 12.4. The van der Waals surface area contributed by atoms with Crippen LogP contribution < -0.4 is 30.4 Å². The molecule has 1 aliphatic carbocycles. The Bertz CT molecular complexity index is 1870. The molecule has 0 spiro atoms. The van der Waals surface area contributed by atoms with Gasteiger partial charge in [-0.15, -0.1) is 23.2 Å². The molecule has 0 aromatic heterocycles. The van der Waals surface area contributed by atoms with Crippen LogP contribution in [0.25, 0.3) is 0 Å². The van der Waals surface area contributed by atoms with Crippen LogP contribution in [0.4, 0.5) is 11.4 Å². The number of primary sulfonamides is 2. The number of alkyl halides is 2. The van der Waals surface area contributed by atoms with Gasteiger partial charge in [-0.1, -0.05) is 48.9 Å². The lowest BCUT2D eigenvalue weighted by Crippen LogP contribution is -2.48. The van der Waals surface area contributed by atoms with Gasteiger partial charge in [0.1, 0.15) is 30.6 Å². The highest BCUT2D eigenvalue weighted by atomic mass is 35.5. The van der Waals surface area contributed by atoms with E-state index in [1.54, 1.807) is 0 Å². The highest BCUT2D eigenvalue weighted by Gasteiger charge is 2.35. The van der Waals surface area contributed by atoms with Gasteiger partial charge < -0.3 is 10.6 Å². The molecule has 0 radical (unpaired) electrons. The van der Waals surface area contributed by atoms with E-state index in [2.05, 4.69) is 20.1 Å². The van der Waals surface area contributed by atoms with Gasteiger partial charge in [-0.25, -0.2) is 43.9 Å². The van der Waals surface area contributed by atoms with E-state index in [1.807, 2.05) is 0 Å². The summed E-state index contributed by atoms with van der Waals surface area (Å²) < 4.78 is 99.3. The van der Waals surface area contributed by atoms with Crippen LogP contribution in [0.3, 0.4) is 0 Å². The van der Waals surface area contributed by atoms with E-state index in [9.17, 15) is 33.7 Å². The summed E-state index contributed by atoms with van der Waals surface area (Å²) in [6.07, 6.45) is 3.83. The van der Waals surface area contributed by atoms with Crippen LogP contribution in [0.5, 0.6) is 0 Å². The Morgan fingerprint density at radius 3 is 1.65 bits per heavy atom. The third-order valence-corrected chi connectivity index (χ3v) is 13.0. The molecule has 22 heteroatoms. The van der Waals surface area contributed by atoms with Gasteiger partial charge in [0.25, 0.3) is 0 Å². The van der Waals surface area contributed by atoms with Crippen molar-refractivity contribution in [1.29, 1.82) is 0 Å². The van der Waals surface area contributed by atoms with Crippen molar-refractivity contribution in [2.45, 2.75) is 68.9 Å². The number of benzene rings is 2. The molecule has 1 fully saturated rings. The fourth-order valence-corrected chi connectivity index (χ4v) is 10.3. The number of hydrogen-bond acceptors (Lipinski definition) is 10. The van der Waals surface area contributed by atoms with Gasteiger partial charge >= 0.3 is 0 Å². The second-order valence-corrected chi connectivity index (χ2v) is 18.3. The first-order valence-corrected chi connectivity index (χ1v) is 20.0. The predicted octanol–water partition coefficient (Wildman–Crippen LogP) is 2.42. The monoisotopic (exact) mass is 758 g/mol. The van der Waals surface area contributed by atoms with Crippen molar-refractivity contribution in [2.75, 3.05) is 10.6 Å². The number of sulfonamides is 4. The molecule has 2 aliphatic heterocycles. The normalized spacial score (nSPS) is 22.9. The molecule has 0 bridgehead atoms. The first-order chi connectivity index (χ1) is 19.7. The minimum Gasteiger partial charge on any atom is -0.368 e. The molecule has 2 atom stereocenters. The maximum atomic E-state index is 12.4. The van der Waals surface area contributed by atoms with Gasteiger partial charge in [-0.05, 0) is 36.6 Å². The van der Waals surface area contributed by atoms with Crippen LogP contribution in [0, 0.1) is 5.92 Å². The maximum Gasteiger partial charge on any atom is 0.244 e. The number of hydrogen-bond donors (Lipinski definition) is 6. The van der Waals surface area contributed by atoms with Crippen LogP contribution in [0.2, 0.25) is 10.0 Å². The standard InChI is InChI=1S/C13H18ClN3O4S2.C8H8Cl3N3O4S2/c14-9-6-10-12(7-11(9)22(15,18)19)23(20,21)17-13(16-10)5-8-3-1-2-4-8;9-3-1-4-6(2-5(3)19(12,15)16)20(17,18)14-8(13-4)7(10)11/h6-8,13,16-17H,1-5H2,(H2,15,18,19);1-2,7-8,13-14H,(H2,12,15,16). The van der Waals surface area contributed by atoms with E-state index in [0.29, 0.717) is 18.0 Å². The average molecular weight is 761 g/mol. The summed E-state index contributed by atoms with van der Waals surface area (Å²) in [5, 5.41) is 15.5. The van der Waals surface area contributed by atoms with Crippen LogP contribution in [-0.4, -0.2) is 50.8 Å². The Kier molecular flexibility index (Phi) is 10.1. The Balaban J connectivity index is 0.000000199. The lowest BCUT2D eigenvalue weighted by atomic mass is 10.0. The number of anilines is 2. The molecule has 2 aromatic rings. The predicted molar refractivity (Wildman–Crippen MR) is 163 cm³/mol. The first kappa shape index (κ1) is 34.7. The Labute approximate surface area is 269 Å². The molecule has 5 rings (SSSR count). The molecule has 14 nitrogen and oxygen atoms in total. The van der Waals surface area contributed by atoms with Crippen molar-refractivity contribution in [2.24, 2.45) is 16.2 Å². The number of rotatable bonds is 5. The van der Waals surface area contributed by atoms with Crippen molar-refractivity contribution < 1.29 is 33.7 Å². The van der Waals surface area contributed by atoms with Crippen LogP contribution in [-0.2, 0) is 40.1 Å².